The van der Waals surface area contributed by atoms with Crippen molar-refractivity contribution in [2.75, 3.05) is 26.7 Å². The van der Waals surface area contributed by atoms with E-state index in [1.807, 2.05) is 11.9 Å². The first-order chi connectivity index (χ1) is 12.0. The number of aryl methyl sites for hydroxylation is 1. The van der Waals surface area contributed by atoms with E-state index in [-0.39, 0.29) is 18.3 Å². The van der Waals surface area contributed by atoms with Crippen LogP contribution >= 0.6 is 35.6 Å². The predicted octanol–water partition coefficient (Wildman–Crippen LogP) is 4.45. The lowest BCUT2D eigenvalue weighted by molar-refractivity contribution is 0.0673. The van der Waals surface area contributed by atoms with Crippen LogP contribution in [0.15, 0.2) is 22.7 Å². The van der Waals surface area contributed by atoms with Crippen molar-refractivity contribution >= 4 is 41.5 Å². The Labute approximate surface area is 169 Å². The SMILES string of the molecule is CNCC1CCCN(C(=O)c2c(-c3c(Cl)cccc3Cl)noc2C)C1.Cl. The molecule has 5 nitrogen and oxygen atoms in total. The maximum Gasteiger partial charge on any atom is 0.259 e. The fourth-order valence-corrected chi connectivity index (χ4v) is 3.96. The number of aromatic nitrogens is 1. The molecular weight excluding hydrogens is 397 g/mol. The normalized spacial score (nSPS) is 17.1. The van der Waals surface area contributed by atoms with E-state index in [1.165, 1.54) is 0 Å². The Bertz CT molecular complexity index is 757. The molecule has 1 saturated heterocycles. The highest BCUT2D eigenvalue weighted by Gasteiger charge is 2.30. The molecule has 1 aliphatic heterocycles. The molecule has 1 aromatic carbocycles. The number of halogens is 3. The van der Waals surface area contributed by atoms with Gasteiger partial charge in [0, 0.05) is 18.7 Å². The molecule has 0 aliphatic carbocycles. The standard InChI is InChI=1S/C18H21Cl2N3O2.ClH/c1-11-15(18(24)23-8-4-5-12(10-23)9-21-2)17(22-25-11)16-13(19)6-3-7-14(16)20;/h3,6-7,12,21H,4-5,8-10H2,1-2H3;1H. The summed E-state index contributed by atoms with van der Waals surface area (Å²) in [6.07, 6.45) is 2.11. The van der Waals surface area contributed by atoms with E-state index in [4.69, 9.17) is 27.7 Å². The highest BCUT2D eigenvalue weighted by atomic mass is 35.5. The van der Waals surface area contributed by atoms with Crippen molar-refractivity contribution < 1.29 is 9.32 Å². The summed E-state index contributed by atoms with van der Waals surface area (Å²) in [5.74, 6) is 0.854. The van der Waals surface area contributed by atoms with Gasteiger partial charge in [-0.2, -0.15) is 0 Å². The van der Waals surface area contributed by atoms with Crippen molar-refractivity contribution in [3.05, 3.63) is 39.6 Å². The first-order valence-corrected chi connectivity index (χ1v) is 9.13. The second-order valence-electron chi connectivity index (χ2n) is 6.38. The van der Waals surface area contributed by atoms with E-state index in [0.717, 1.165) is 32.5 Å². The molecule has 1 aromatic heterocycles. The highest BCUT2D eigenvalue weighted by Crippen LogP contribution is 2.37. The fraction of sp³-hybridized carbons (Fsp3) is 0.444. The third-order valence-electron chi connectivity index (χ3n) is 4.58. The molecule has 1 unspecified atom stereocenters. The van der Waals surface area contributed by atoms with Gasteiger partial charge in [0.15, 0.2) is 0 Å². The Hall–Kier alpha value is -1.27. The first-order valence-electron chi connectivity index (χ1n) is 8.37. The zero-order chi connectivity index (χ0) is 18.0. The van der Waals surface area contributed by atoms with Gasteiger partial charge >= 0.3 is 0 Å². The monoisotopic (exact) mass is 417 g/mol. The third kappa shape index (κ3) is 4.17. The smallest absolute Gasteiger partial charge is 0.259 e. The molecule has 0 radical (unpaired) electrons. The van der Waals surface area contributed by atoms with Crippen LogP contribution in [0.4, 0.5) is 0 Å². The van der Waals surface area contributed by atoms with Crippen LogP contribution in [0.2, 0.25) is 10.0 Å². The lowest BCUT2D eigenvalue weighted by atomic mass is 9.96. The summed E-state index contributed by atoms with van der Waals surface area (Å²) < 4.78 is 5.32. The second kappa shape index (κ2) is 9.09. The van der Waals surface area contributed by atoms with Gasteiger partial charge in [0.05, 0.1) is 10.0 Å². The molecule has 1 atom stereocenters. The van der Waals surface area contributed by atoms with E-state index in [1.54, 1.807) is 25.1 Å². The Morgan fingerprint density at radius 3 is 2.73 bits per heavy atom. The Balaban J connectivity index is 0.00000243. The zero-order valence-electron chi connectivity index (χ0n) is 14.7. The Kier molecular flexibility index (Phi) is 7.35. The molecule has 0 spiro atoms. The summed E-state index contributed by atoms with van der Waals surface area (Å²) in [6, 6.07) is 5.21. The molecule has 0 bridgehead atoms. The number of nitrogens with zero attached hydrogens (tertiary/aromatic N) is 2. The average molecular weight is 419 g/mol. The zero-order valence-corrected chi connectivity index (χ0v) is 17.0. The van der Waals surface area contributed by atoms with Crippen LogP contribution in [0.1, 0.15) is 29.0 Å². The van der Waals surface area contributed by atoms with Crippen LogP contribution in [0, 0.1) is 12.8 Å². The summed E-state index contributed by atoms with van der Waals surface area (Å²) in [5.41, 5.74) is 1.39. The highest BCUT2D eigenvalue weighted by molar-refractivity contribution is 6.39. The molecule has 0 saturated carbocycles. The number of amides is 1. The molecule has 2 heterocycles. The van der Waals surface area contributed by atoms with E-state index < -0.39 is 0 Å². The molecule has 26 heavy (non-hydrogen) atoms. The summed E-state index contributed by atoms with van der Waals surface area (Å²) in [6.45, 7) is 4.10. The Morgan fingerprint density at radius 1 is 1.38 bits per heavy atom. The largest absolute Gasteiger partial charge is 0.360 e. The van der Waals surface area contributed by atoms with Gasteiger partial charge in [-0.3, -0.25) is 4.79 Å². The van der Waals surface area contributed by atoms with Crippen LogP contribution in [0.5, 0.6) is 0 Å². The summed E-state index contributed by atoms with van der Waals surface area (Å²) >= 11 is 12.6. The van der Waals surface area contributed by atoms with Crippen molar-refractivity contribution in [2.45, 2.75) is 19.8 Å². The number of piperidine rings is 1. The van der Waals surface area contributed by atoms with Gasteiger partial charge < -0.3 is 14.7 Å². The van der Waals surface area contributed by atoms with Crippen molar-refractivity contribution in [1.29, 1.82) is 0 Å². The van der Waals surface area contributed by atoms with E-state index in [0.29, 0.717) is 38.5 Å². The van der Waals surface area contributed by atoms with Gasteiger partial charge in [-0.05, 0) is 51.4 Å². The molecule has 1 amide bonds. The number of carbonyl (C=O) groups is 1. The van der Waals surface area contributed by atoms with Crippen LogP contribution in [0.3, 0.4) is 0 Å². The van der Waals surface area contributed by atoms with Crippen molar-refractivity contribution in [3.63, 3.8) is 0 Å². The third-order valence-corrected chi connectivity index (χ3v) is 5.21. The number of likely N-dealkylation sites (tertiary alicyclic amines) is 1. The van der Waals surface area contributed by atoms with E-state index in [2.05, 4.69) is 10.5 Å². The van der Waals surface area contributed by atoms with Gasteiger partial charge in [-0.1, -0.05) is 34.4 Å². The lowest BCUT2D eigenvalue weighted by Crippen LogP contribution is -2.42. The molecule has 142 valence electrons. The van der Waals surface area contributed by atoms with Gasteiger partial charge in [0.1, 0.15) is 17.0 Å². The van der Waals surface area contributed by atoms with E-state index >= 15 is 0 Å². The first kappa shape index (κ1) is 21.0. The summed E-state index contributed by atoms with van der Waals surface area (Å²) in [4.78, 5) is 15.0. The van der Waals surface area contributed by atoms with Crippen LogP contribution in [-0.4, -0.2) is 42.6 Å². The maximum absolute atomic E-state index is 13.2. The quantitative estimate of drug-likeness (QED) is 0.797. The molecule has 1 aliphatic rings. The average Bonchev–Trinajstić information content (AvgIpc) is 2.96. The molecule has 1 fully saturated rings. The maximum atomic E-state index is 13.2. The number of carbonyl (C=O) groups excluding carboxylic acids is 1. The minimum atomic E-state index is -0.0782. The van der Waals surface area contributed by atoms with Gasteiger partial charge in [-0.15, -0.1) is 12.4 Å². The lowest BCUT2D eigenvalue weighted by Gasteiger charge is -2.32. The summed E-state index contributed by atoms with van der Waals surface area (Å²) in [5, 5.41) is 8.16. The van der Waals surface area contributed by atoms with Crippen molar-refractivity contribution in [1.82, 2.24) is 15.4 Å². The predicted molar refractivity (Wildman–Crippen MR) is 106 cm³/mol. The number of hydrogen-bond acceptors (Lipinski definition) is 4. The summed E-state index contributed by atoms with van der Waals surface area (Å²) in [7, 11) is 1.93. The van der Waals surface area contributed by atoms with Crippen LogP contribution in [0.25, 0.3) is 11.3 Å². The van der Waals surface area contributed by atoms with Crippen molar-refractivity contribution in [2.24, 2.45) is 5.92 Å². The number of hydrogen-bond donors (Lipinski definition) is 1. The molecular formula is C18H22Cl3N3O2. The van der Waals surface area contributed by atoms with Crippen LogP contribution in [-0.2, 0) is 0 Å². The molecule has 3 rings (SSSR count). The number of nitrogens with one attached hydrogen (secondary N) is 1. The minimum Gasteiger partial charge on any atom is -0.360 e. The fourth-order valence-electron chi connectivity index (χ4n) is 3.38. The molecule has 8 heteroatoms. The van der Waals surface area contributed by atoms with Crippen molar-refractivity contribution in [3.8, 4) is 11.3 Å². The number of rotatable bonds is 4. The number of benzene rings is 1. The topological polar surface area (TPSA) is 58.4 Å². The second-order valence-corrected chi connectivity index (χ2v) is 7.19. The van der Waals surface area contributed by atoms with Crippen LogP contribution < -0.4 is 5.32 Å². The van der Waals surface area contributed by atoms with E-state index in [9.17, 15) is 4.79 Å². The van der Waals surface area contributed by atoms with Gasteiger partial charge in [0.2, 0.25) is 0 Å². The Morgan fingerprint density at radius 2 is 2.08 bits per heavy atom. The minimum absolute atomic E-state index is 0. The van der Waals surface area contributed by atoms with Gasteiger partial charge in [0.25, 0.3) is 5.91 Å². The molecule has 1 N–H and O–H groups in total. The van der Waals surface area contributed by atoms with Gasteiger partial charge in [-0.25, -0.2) is 0 Å². The molecule has 2 aromatic rings.